The van der Waals surface area contributed by atoms with E-state index in [1.165, 1.54) is 10.1 Å². The normalized spacial score (nSPS) is 13.7. The number of carbonyl (C=O) groups excluding carboxylic acids is 1. The van der Waals surface area contributed by atoms with Crippen LogP contribution in [0.5, 0.6) is 0 Å². The molecule has 0 aromatic heterocycles. The number of benzene rings is 1. The van der Waals surface area contributed by atoms with Crippen LogP contribution in [-0.4, -0.2) is 102 Å². The summed E-state index contributed by atoms with van der Waals surface area (Å²) < 4.78 is 162. The van der Waals surface area contributed by atoms with Crippen LogP contribution < -0.4 is 10.1 Å². The zero-order valence-corrected chi connectivity index (χ0v) is 46.2. The molecular weight excluding hydrogens is 1280 g/mol. The molecule has 1 aromatic rings. The monoisotopic (exact) mass is 1320 g/mol. The van der Waals surface area contributed by atoms with Crippen LogP contribution in [-0.2, 0) is 27.0 Å². The summed E-state index contributed by atoms with van der Waals surface area (Å²) in [5, 5.41) is 1.27. The van der Waals surface area contributed by atoms with Gasteiger partial charge >= 0.3 is 42.6 Å². The van der Waals surface area contributed by atoms with Crippen LogP contribution in [0.4, 0.5) is 54.0 Å². The van der Waals surface area contributed by atoms with Crippen molar-refractivity contribution in [2.75, 3.05) is 32.3 Å². The van der Waals surface area contributed by atoms with Gasteiger partial charge in [-0.3, -0.25) is 4.39 Å². The number of alkyl halides is 11. The van der Waals surface area contributed by atoms with Gasteiger partial charge in [0.05, 0.1) is 30.0 Å². The molecule has 2 unspecified atom stereocenters. The molecule has 7 nitrogen and oxygen atoms in total. The first kappa shape index (κ1) is 52.1. The van der Waals surface area contributed by atoms with E-state index in [9.17, 15) is 62.0 Å². The fourth-order valence-electron chi connectivity index (χ4n) is 3.49. The third kappa shape index (κ3) is 18.6. The van der Waals surface area contributed by atoms with Crippen LogP contribution in [0.3, 0.4) is 0 Å². The van der Waals surface area contributed by atoms with Gasteiger partial charge in [0.2, 0.25) is 8.92 Å². The van der Waals surface area contributed by atoms with E-state index in [1.807, 2.05) is 25.1 Å². The third-order valence-electron chi connectivity index (χ3n) is 6.49. The Morgan fingerprint density at radius 2 is 1.47 bits per heavy atom. The van der Waals surface area contributed by atoms with Crippen LogP contribution in [0.15, 0.2) is 24.3 Å². The Labute approximate surface area is 274 Å². The Morgan fingerprint density at radius 3 is 1.92 bits per heavy atom. The molecule has 1 rings (SSSR count). The molecule has 0 saturated heterocycles. The van der Waals surface area contributed by atoms with E-state index in [0.29, 0.717) is 13.8 Å². The summed E-state index contributed by atoms with van der Waals surface area (Å²) in [6, 6.07) is 10.9. The molecule has 49 heavy (non-hydrogen) atoms. The standard InChI is InChI=1S/C18H34NO5Si5.C5H2F10O.CH3F.2Rf/c1-19(16-20)17-9-8-10-18(15-17)28(3,4)13-14-29(5,24-25-21)23-11-6-7-12-27(2)26-22;6-2(7,8)1-16-5(14,15)3(9,10)4(11,12)13;1-2;;/h8-10,15,25-27H,6-7,11-14H2,1-5H3;1H2;1H3;;/q-1;;;;. The van der Waals surface area contributed by atoms with Gasteiger partial charge < -0.3 is 31.9 Å². The smallest absolute Gasteiger partial charge is 0.474 e. The van der Waals surface area contributed by atoms with Gasteiger partial charge in [-0.05, 0) is 26.1 Å². The van der Waals surface area contributed by atoms with E-state index in [4.69, 9.17) is 8.54 Å². The quantitative estimate of drug-likeness (QED) is 0.0612. The summed E-state index contributed by atoms with van der Waals surface area (Å²) >= 11 is 0. The Balaban J connectivity index is -0.000000433. The average Bonchev–Trinajstić information content (AvgIpc) is 2.99. The van der Waals surface area contributed by atoms with Crippen molar-refractivity contribution in [2.24, 2.45) is 0 Å². The Bertz CT molecular complexity index is 1100. The van der Waals surface area contributed by atoms with Gasteiger partial charge in [0.1, 0.15) is 6.61 Å². The molecule has 0 N–H and O–H groups in total. The Morgan fingerprint density at radius 1 is 0.918 bits per heavy atom. The maximum Gasteiger partial charge on any atom is 0.474 e. The largest absolute Gasteiger partial charge is 0.561 e. The molecule has 2 atom stereocenters. The first-order valence-electron chi connectivity index (χ1n) is 13.7. The number of unbranched alkanes of at least 4 members (excludes halogenated alkanes) is 1. The number of rotatable bonds is 18. The van der Waals surface area contributed by atoms with Gasteiger partial charge in [0, 0.05) is 6.61 Å². The Kier molecular flexibility index (Phi) is 23.5. The van der Waals surface area contributed by atoms with Crippen molar-refractivity contribution < 1.29 is 75.3 Å². The van der Waals surface area contributed by atoms with Crippen molar-refractivity contribution in [1.29, 1.82) is 0 Å². The maximum atomic E-state index is 12.0. The second-order valence-corrected chi connectivity index (χ2v) is 27.0. The minimum atomic E-state index is -6.72. The minimum Gasteiger partial charge on any atom is -0.561 e. The molecule has 0 bridgehead atoms. The first-order chi connectivity index (χ1) is 21.4. The molecule has 0 fully saturated rings. The number of amides is 1. The molecule has 0 aliphatic heterocycles. The van der Waals surface area contributed by atoms with Crippen LogP contribution >= 0.6 is 0 Å². The van der Waals surface area contributed by atoms with E-state index in [1.54, 1.807) is 7.05 Å². The van der Waals surface area contributed by atoms with Crippen molar-refractivity contribution in [1.82, 2.24) is 0 Å². The minimum absolute atomic E-state index is 0. The van der Waals surface area contributed by atoms with Crippen LogP contribution in [0.2, 0.25) is 44.3 Å². The summed E-state index contributed by atoms with van der Waals surface area (Å²) in [4.78, 5) is 12.4. The summed E-state index contributed by atoms with van der Waals surface area (Å²) in [5.41, 5.74) is 0.840. The molecule has 0 saturated carbocycles. The number of anilines is 1. The predicted molar refractivity (Wildman–Crippen MR) is 164 cm³/mol. The summed E-state index contributed by atoms with van der Waals surface area (Å²) in [6.07, 6.45) is -14.6. The fourth-order valence-corrected chi connectivity index (χ4v) is 13.6. The number of nitrogens with zero attached hydrogens (tertiary/aromatic N) is 1. The molecule has 25 heteroatoms. The average molecular weight is 1320 g/mol. The molecule has 0 radical (unpaired) electrons. The SMILES string of the molecule is CF.CN([C-]=O)c1cccc([Si](C)(C)CC[Si](C)(OCCCC[SiH](C)[SiH]=O)O[SiH]=O)c1.FC(F)(F)COC(F)(F)C(F)(F)C(F)(F)F.[Rf].[Rf]. The molecule has 0 heterocycles. The van der Waals surface area contributed by atoms with Crippen LogP contribution in [0.25, 0.3) is 0 Å². The summed E-state index contributed by atoms with van der Waals surface area (Å²) in [6.45, 7) is 6.45. The first-order valence-corrected chi connectivity index (χ1v) is 25.5. The van der Waals surface area contributed by atoms with E-state index in [0.717, 1.165) is 36.7 Å². The van der Waals surface area contributed by atoms with Gasteiger partial charge in [-0.1, -0.05) is 55.5 Å². The molecule has 0 aliphatic carbocycles. The van der Waals surface area contributed by atoms with Crippen LogP contribution in [0.1, 0.15) is 12.8 Å². The third-order valence-corrected chi connectivity index (χ3v) is 18.9. The zero-order chi connectivity index (χ0) is 37.3. The van der Waals surface area contributed by atoms with Gasteiger partial charge in [-0.25, -0.2) is 0 Å². The predicted octanol–water partition coefficient (Wildman–Crippen LogP) is 5.76. The van der Waals surface area contributed by atoms with Gasteiger partial charge in [-0.2, -0.15) is 43.9 Å². The van der Waals surface area contributed by atoms with Crippen molar-refractivity contribution in [3.05, 3.63) is 24.3 Å². The maximum absolute atomic E-state index is 12.0. The number of hydrogen-bond donors (Lipinski definition) is 0. The van der Waals surface area contributed by atoms with E-state index < -0.39 is 74.5 Å². The number of halogens is 11. The van der Waals surface area contributed by atoms with E-state index in [2.05, 4.69) is 36.5 Å². The van der Waals surface area contributed by atoms with Gasteiger partial charge in [-0.15, -0.1) is 17.8 Å². The molecule has 0 aliphatic rings. The Hall–Kier alpha value is -3.68. The molecule has 278 valence electrons. The topological polar surface area (TPSA) is 82.1 Å². The summed E-state index contributed by atoms with van der Waals surface area (Å²) in [5.74, 6) is -6.70. The number of hydrogen-bond acceptors (Lipinski definition) is 6. The van der Waals surface area contributed by atoms with Gasteiger partial charge in [0.15, 0.2) is 0 Å². The molecule has 0 spiro atoms. The van der Waals surface area contributed by atoms with Crippen molar-refractivity contribution in [3.63, 3.8) is 0 Å². The number of ether oxygens (including phenoxy) is 1. The van der Waals surface area contributed by atoms with Gasteiger partial charge in [0.25, 0.3) is 0 Å². The van der Waals surface area contributed by atoms with Crippen molar-refractivity contribution in [2.45, 2.75) is 81.5 Å². The zero-order valence-electron chi connectivity index (χ0n) is 28.0. The van der Waals surface area contributed by atoms with Crippen molar-refractivity contribution >= 4 is 60.8 Å². The molecule has 1 aromatic carbocycles. The summed E-state index contributed by atoms with van der Waals surface area (Å²) in [7, 11) is -4.90. The van der Waals surface area contributed by atoms with E-state index >= 15 is 0 Å². The van der Waals surface area contributed by atoms with E-state index in [-0.39, 0.29) is 0 Å². The second-order valence-electron chi connectivity index (χ2n) is 10.9. The molecule has 1 amide bonds. The van der Waals surface area contributed by atoms with Crippen LogP contribution in [0, 0.1) is 0 Å². The van der Waals surface area contributed by atoms with Crippen molar-refractivity contribution in [3.8, 4) is 0 Å². The second kappa shape index (κ2) is 22.1. The fraction of sp³-hybridized carbons (Fsp3) is 0.708. The molecular formula is C24H39F11NO6Rf2Si5-.